The van der Waals surface area contributed by atoms with E-state index in [1.807, 2.05) is 22.8 Å². The molecule has 3 nitrogen and oxygen atoms in total. The highest BCUT2D eigenvalue weighted by molar-refractivity contribution is 9.11. The van der Waals surface area contributed by atoms with Crippen molar-refractivity contribution in [3.8, 4) is 0 Å². The number of anilines is 2. The number of hydrogen-bond acceptors (Lipinski definition) is 4. The van der Waals surface area contributed by atoms with Gasteiger partial charge in [0.25, 0.3) is 0 Å². The highest BCUT2D eigenvalue weighted by atomic mass is 79.9. The van der Waals surface area contributed by atoms with Crippen LogP contribution in [0.4, 0.5) is 24.5 Å². The van der Waals surface area contributed by atoms with E-state index in [4.69, 9.17) is 5.73 Å². The Bertz CT molecular complexity index is 1120. The van der Waals surface area contributed by atoms with Gasteiger partial charge in [0.15, 0.2) is 0 Å². The number of nitrogens with one attached hydrogen (secondary N) is 1. The standard InChI is InChI=1S/C10H5BrF3NOS.C8H6BrNS.CH4/c11-6-1-2-7(8-5(6)3-4-17-8)15-9(16)10(12,13)14;9-6-1-2-7(10)8-5(6)3-4-11-8;/h1-4H,(H,15,16);1-4H,10H2;1H4. The summed E-state index contributed by atoms with van der Waals surface area (Å²) in [6.07, 6.45) is -4.88. The number of amides is 1. The molecular weight excluding hydrogens is 553 g/mol. The zero-order valence-electron chi connectivity index (χ0n) is 13.8. The zero-order chi connectivity index (χ0) is 20.5. The predicted octanol–water partition coefficient (Wildman–Crippen LogP) is 8.05. The van der Waals surface area contributed by atoms with Gasteiger partial charge in [0.2, 0.25) is 0 Å². The van der Waals surface area contributed by atoms with Crippen LogP contribution in [0.5, 0.6) is 0 Å². The average molecular weight is 568 g/mol. The number of carbonyl (C=O) groups excluding carboxylic acids is 1. The van der Waals surface area contributed by atoms with Crippen LogP contribution in [-0.2, 0) is 4.79 Å². The fourth-order valence-electron chi connectivity index (χ4n) is 2.37. The fourth-order valence-corrected chi connectivity index (χ4v) is 5.30. The molecule has 10 heteroatoms. The largest absolute Gasteiger partial charge is 0.471 e. The number of nitrogen functional groups attached to an aromatic ring is 1. The highest BCUT2D eigenvalue weighted by Crippen LogP contribution is 2.35. The second-order valence-corrected chi connectivity index (χ2v) is 9.05. The second-order valence-electron chi connectivity index (χ2n) is 5.51. The molecule has 0 saturated carbocycles. The summed E-state index contributed by atoms with van der Waals surface area (Å²) in [5.74, 6) is -1.96. The van der Waals surface area contributed by atoms with E-state index < -0.39 is 12.1 Å². The molecule has 29 heavy (non-hydrogen) atoms. The highest BCUT2D eigenvalue weighted by Gasteiger charge is 2.38. The van der Waals surface area contributed by atoms with Crippen molar-refractivity contribution in [2.45, 2.75) is 13.6 Å². The molecule has 0 unspecified atom stereocenters. The Morgan fingerprint density at radius 2 is 1.41 bits per heavy atom. The van der Waals surface area contributed by atoms with Gasteiger partial charge in [0.1, 0.15) is 0 Å². The van der Waals surface area contributed by atoms with Crippen molar-refractivity contribution in [3.63, 3.8) is 0 Å². The molecule has 154 valence electrons. The van der Waals surface area contributed by atoms with Gasteiger partial charge in [-0.2, -0.15) is 13.2 Å². The van der Waals surface area contributed by atoms with Crippen LogP contribution >= 0.6 is 54.5 Å². The molecule has 0 aliphatic heterocycles. The summed E-state index contributed by atoms with van der Waals surface area (Å²) in [5, 5.41) is 7.64. The Morgan fingerprint density at radius 1 is 0.897 bits per heavy atom. The smallest absolute Gasteiger partial charge is 0.398 e. The maximum Gasteiger partial charge on any atom is 0.471 e. The molecule has 0 saturated heterocycles. The van der Waals surface area contributed by atoms with E-state index in [0.717, 1.165) is 20.0 Å². The van der Waals surface area contributed by atoms with Crippen molar-refractivity contribution < 1.29 is 18.0 Å². The SMILES string of the molecule is C.Nc1ccc(Br)c2ccsc12.O=C(Nc1ccc(Br)c2ccsc12)C(F)(F)F. The number of nitrogens with two attached hydrogens (primary N) is 1. The van der Waals surface area contributed by atoms with Crippen LogP contribution in [0, 0.1) is 0 Å². The lowest BCUT2D eigenvalue weighted by atomic mass is 10.2. The van der Waals surface area contributed by atoms with Crippen molar-refractivity contribution in [2.24, 2.45) is 0 Å². The van der Waals surface area contributed by atoms with E-state index in [1.165, 1.54) is 27.5 Å². The summed E-state index contributed by atoms with van der Waals surface area (Å²) >= 11 is 9.69. The molecular formula is C19H15Br2F3N2OS2. The first-order chi connectivity index (χ1) is 13.2. The van der Waals surface area contributed by atoms with Crippen molar-refractivity contribution in [1.82, 2.24) is 0 Å². The molecule has 3 N–H and O–H groups in total. The maximum absolute atomic E-state index is 12.1. The average Bonchev–Trinajstić information content (AvgIpc) is 3.30. The quantitative estimate of drug-likeness (QED) is 0.229. The Kier molecular flexibility index (Phi) is 7.72. The van der Waals surface area contributed by atoms with Crippen LogP contribution in [0.15, 0.2) is 56.1 Å². The molecule has 0 bridgehead atoms. The first-order valence-electron chi connectivity index (χ1n) is 7.63. The molecule has 0 fully saturated rings. The van der Waals surface area contributed by atoms with Gasteiger partial charge < -0.3 is 11.1 Å². The lowest BCUT2D eigenvalue weighted by Gasteiger charge is -2.09. The Morgan fingerprint density at radius 3 is 1.97 bits per heavy atom. The summed E-state index contributed by atoms with van der Waals surface area (Å²) in [5.41, 5.74) is 6.79. The maximum atomic E-state index is 12.1. The van der Waals surface area contributed by atoms with Gasteiger partial charge in [0, 0.05) is 25.4 Å². The molecule has 1 amide bonds. The molecule has 2 aromatic carbocycles. The summed E-state index contributed by atoms with van der Waals surface area (Å²) in [6, 6.07) is 10.8. The van der Waals surface area contributed by atoms with Crippen LogP contribution in [0.3, 0.4) is 0 Å². The molecule has 4 rings (SSSR count). The van der Waals surface area contributed by atoms with Gasteiger partial charge in [-0.15, -0.1) is 22.7 Å². The number of rotatable bonds is 1. The Balaban J connectivity index is 0.000000217. The first kappa shape index (κ1) is 23.7. The number of carbonyl (C=O) groups is 1. The third-order valence-electron chi connectivity index (χ3n) is 3.66. The third kappa shape index (κ3) is 5.30. The number of alkyl halides is 3. The summed E-state index contributed by atoms with van der Waals surface area (Å²) in [4.78, 5) is 10.8. The van der Waals surface area contributed by atoms with Gasteiger partial charge in [-0.05, 0) is 47.2 Å². The van der Waals surface area contributed by atoms with Crippen molar-refractivity contribution in [2.75, 3.05) is 11.1 Å². The van der Waals surface area contributed by atoms with E-state index >= 15 is 0 Å². The van der Waals surface area contributed by atoms with Crippen LogP contribution in [-0.4, -0.2) is 12.1 Å². The predicted molar refractivity (Wildman–Crippen MR) is 125 cm³/mol. The molecule has 0 aliphatic carbocycles. The van der Waals surface area contributed by atoms with E-state index in [0.29, 0.717) is 4.70 Å². The van der Waals surface area contributed by atoms with Crippen molar-refractivity contribution in [3.05, 3.63) is 56.1 Å². The van der Waals surface area contributed by atoms with E-state index in [-0.39, 0.29) is 13.1 Å². The van der Waals surface area contributed by atoms with Gasteiger partial charge in [-0.25, -0.2) is 0 Å². The van der Waals surface area contributed by atoms with Crippen LogP contribution in [0.2, 0.25) is 0 Å². The van der Waals surface area contributed by atoms with Gasteiger partial charge in [-0.3, -0.25) is 4.79 Å². The normalized spacial score (nSPS) is 10.9. The number of hydrogen-bond donors (Lipinski definition) is 2. The monoisotopic (exact) mass is 566 g/mol. The molecule has 2 aromatic heterocycles. The second kappa shape index (κ2) is 9.46. The Hall–Kier alpha value is -1.62. The topological polar surface area (TPSA) is 55.1 Å². The van der Waals surface area contributed by atoms with Crippen LogP contribution in [0.25, 0.3) is 20.2 Å². The minimum atomic E-state index is -4.88. The number of halogens is 5. The third-order valence-corrected chi connectivity index (χ3v) is 6.96. The number of fused-ring (bicyclic) bond motifs is 2. The molecule has 4 aromatic rings. The van der Waals surface area contributed by atoms with Gasteiger partial charge in [-0.1, -0.05) is 39.3 Å². The van der Waals surface area contributed by atoms with Gasteiger partial charge >= 0.3 is 12.1 Å². The van der Waals surface area contributed by atoms with E-state index in [1.54, 1.807) is 28.8 Å². The molecule has 2 heterocycles. The summed E-state index contributed by atoms with van der Waals surface area (Å²) < 4.78 is 40.0. The summed E-state index contributed by atoms with van der Waals surface area (Å²) in [6.45, 7) is 0. The lowest BCUT2D eigenvalue weighted by molar-refractivity contribution is -0.167. The fraction of sp³-hybridized carbons (Fsp3) is 0.105. The minimum absolute atomic E-state index is 0. The van der Waals surface area contributed by atoms with Crippen LogP contribution in [0.1, 0.15) is 7.43 Å². The molecule has 0 atom stereocenters. The van der Waals surface area contributed by atoms with Gasteiger partial charge in [0.05, 0.1) is 15.1 Å². The van der Waals surface area contributed by atoms with Crippen LogP contribution < -0.4 is 11.1 Å². The molecule has 0 aliphatic rings. The summed E-state index contributed by atoms with van der Waals surface area (Å²) in [7, 11) is 0. The number of benzene rings is 2. The molecule has 0 spiro atoms. The molecule has 0 radical (unpaired) electrons. The number of thiophene rings is 2. The van der Waals surface area contributed by atoms with Crippen molar-refractivity contribution >= 4 is 92.0 Å². The lowest BCUT2D eigenvalue weighted by Crippen LogP contribution is -2.29. The Labute approximate surface area is 190 Å². The minimum Gasteiger partial charge on any atom is -0.398 e. The van der Waals surface area contributed by atoms with E-state index in [9.17, 15) is 18.0 Å². The zero-order valence-corrected chi connectivity index (χ0v) is 18.6. The van der Waals surface area contributed by atoms with E-state index in [2.05, 4.69) is 37.9 Å². The first-order valence-corrected chi connectivity index (χ1v) is 11.0. The van der Waals surface area contributed by atoms with Crippen molar-refractivity contribution in [1.29, 1.82) is 0 Å².